The van der Waals surface area contributed by atoms with Gasteiger partial charge in [0.25, 0.3) is 0 Å². The number of nitrogens with two attached hydrogens (primary N) is 1. The van der Waals surface area contributed by atoms with Gasteiger partial charge in [-0.15, -0.1) is 0 Å². The summed E-state index contributed by atoms with van der Waals surface area (Å²) in [5, 5.41) is 9.35. The van der Waals surface area contributed by atoms with Gasteiger partial charge in [-0.05, 0) is 24.5 Å². The minimum Gasteiger partial charge on any atom is -0.396 e. The molecule has 1 aliphatic heterocycles. The molecule has 1 aromatic heterocycles. The zero-order chi connectivity index (χ0) is 10.8. The highest BCUT2D eigenvalue weighted by molar-refractivity contribution is 5.63. The van der Waals surface area contributed by atoms with E-state index in [-0.39, 0.29) is 12.6 Å². The largest absolute Gasteiger partial charge is 0.396 e. The van der Waals surface area contributed by atoms with Crippen molar-refractivity contribution >= 4 is 11.5 Å². The Morgan fingerprint density at radius 1 is 1.67 bits per heavy atom. The predicted octanol–water partition coefficient (Wildman–Crippen LogP) is 0.871. The highest BCUT2D eigenvalue weighted by atomic mass is 16.3. The Morgan fingerprint density at radius 3 is 3.13 bits per heavy atom. The monoisotopic (exact) mass is 207 g/mol. The van der Waals surface area contributed by atoms with Crippen molar-refractivity contribution < 1.29 is 5.11 Å². The molecule has 1 aliphatic rings. The van der Waals surface area contributed by atoms with Gasteiger partial charge in [0.2, 0.25) is 0 Å². The summed E-state index contributed by atoms with van der Waals surface area (Å²) < 4.78 is 0. The molecule has 82 valence electrons. The van der Waals surface area contributed by atoms with Crippen LogP contribution in [0.25, 0.3) is 0 Å². The first-order chi connectivity index (χ1) is 7.24. The van der Waals surface area contributed by atoms with Crippen molar-refractivity contribution in [2.24, 2.45) is 5.92 Å². The van der Waals surface area contributed by atoms with E-state index in [1.165, 1.54) is 0 Å². The summed E-state index contributed by atoms with van der Waals surface area (Å²) in [4.78, 5) is 6.39. The smallest absolute Gasteiger partial charge is 0.152 e. The van der Waals surface area contributed by atoms with Crippen molar-refractivity contribution in [2.75, 3.05) is 23.8 Å². The van der Waals surface area contributed by atoms with Crippen LogP contribution < -0.4 is 10.6 Å². The lowest BCUT2D eigenvalue weighted by Gasteiger charge is -2.27. The summed E-state index contributed by atoms with van der Waals surface area (Å²) in [6, 6.07) is 3.83. The van der Waals surface area contributed by atoms with Crippen molar-refractivity contribution in [3.05, 3.63) is 18.3 Å². The van der Waals surface area contributed by atoms with Crippen LogP contribution >= 0.6 is 0 Å². The number of anilines is 2. The molecule has 0 aliphatic carbocycles. The molecular formula is C11H17N3O. The average molecular weight is 207 g/mol. The van der Waals surface area contributed by atoms with E-state index in [4.69, 9.17) is 5.73 Å². The van der Waals surface area contributed by atoms with E-state index in [9.17, 15) is 5.11 Å². The first kappa shape index (κ1) is 10.2. The minimum atomic E-state index is 0.155. The normalized spacial score (nSPS) is 25.9. The van der Waals surface area contributed by atoms with Crippen LogP contribution in [0.15, 0.2) is 18.3 Å². The molecule has 0 radical (unpaired) electrons. The summed E-state index contributed by atoms with van der Waals surface area (Å²) in [6.45, 7) is 3.24. The van der Waals surface area contributed by atoms with Gasteiger partial charge in [0.15, 0.2) is 5.82 Å². The highest BCUT2D eigenvalue weighted by Crippen LogP contribution is 2.30. The Morgan fingerprint density at radius 2 is 2.47 bits per heavy atom. The SMILES string of the molecule is CC1CCN(c2ncccc2N)C1CO. The zero-order valence-electron chi connectivity index (χ0n) is 8.93. The van der Waals surface area contributed by atoms with E-state index in [2.05, 4.69) is 16.8 Å². The van der Waals surface area contributed by atoms with Crippen molar-refractivity contribution in [3.8, 4) is 0 Å². The number of nitrogens with zero attached hydrogens (tertiary/aromatic N) is 2. The molecule has 4 heteroatoms. The maximum absolute atomic E-state index is 9.35. The lowest BCUT2D eigenvalue weighted by molar-refractivity contribution is 0.244. The average Bonchev–Trinajstić information content (AvgIpc) is 2.60. The number of hydrogen-bond acceptors (Lipinski definition) is 4. The van der Waals surface area contributed by atoms with Gasteiger partial charge in [-0.3, -0.25) is 0 Å². The van der Waals surface area contributed by atoms with Gasteiger partial charge in [-0.25, -0.2) is 4.98 Å². The summed E-state index contributed by atoms with van der Waals surface area (Å²) in [7, 11) is 0. The van der Waals surface area contributed by atoms with Crippen molar-refractivity contribution in [1.29, 1.82) is 0 Å². The Bertz CT molecular complexity index is 342. The van der Waals surface area contributed by atoms with E-state index in [1.54, 1.807) is 6.20 Å². The summed E-state index contributed by atoms with van der Waals surface area (Å²) in [5.41, 5.74) is 6.56. The van der Waals surface area contributed by atoms with E-state index in [0.29, 0.717) is 11.6 Å². The molecule has 0 saturated carbocycles. The van der Waals surface area contributed by atoms with Crippen molar-refractivity contribution in [1.82, 2.24) is 4.98 Å². The predicted molar refractivity (Wildman–Crippen MR) is 60.7 cm³/mol. The van der Waals surface area contributed by atoms with Crippen LogP contribution in [0.1, 0.15) is 13.3 Å². The fraction of sp³-hybridized carbons (Fsp3) is 0.545. The van der Waals surface area contributed by atoms with Gasteiger partial charge in [-0.2, -0.15) is 0 Å². The van der Waals surface area contributed by atoms with Gasteiger partial charge in [0.05, 0.1) is 18.3 Å². The molecule has 4 nitrogen and oxygen atoms in total. The van der Waals surface area contributed by atoms with Gasteiger partial charge in [0.1, 0.15) is 0 Å². The second-order valence-electron chi connectivity index (χ2n) is 4.13. The van der Waals surface area contributed by atoms with Gasteiger partial charge < -0.3 is 15.7 Å². The molecule has 0 amide bonds. The Balaban J connectivity index is 2.28. The van der Waals surface area contributed by atoms with Crippen LogP contribution in [0.3, 0.4) is 0 Å². The summed E-state index contributed by atoms with van der Waals surface area (Å²) >= 11 is 0. The molecule has 0 spiro atoms. The van der Waals surface area contributed by atoms with E-state index >= 15 is 0 Å². The third-order valence-electron chi connectivity index (χ3n) is 3.16. The topological polar surface area (TPSA) is 62.4 Å². The number of aliphatic hydroxyl groups excluding tert-OH is 1. The van der Waals surface area contributed by atoms with Crippen LogP contribution in [-0.2, 0) is 0 Å². The lowest BCUT2D eigenvalue weighted by Crippen LogP contribution is -2.36. The van der Waals surface area contributed by atoms with E-state index < -0.39 is 0 Å². The van der Waals surface area contributed by atoms with Gasteiger partial charge in [-0.1, -0.05) is 6.92 Å². The molecule has 0 aromatic carbocycles. The number of hydrogen-bond donors (Lipinski definition) is 2. The molecule has 2 rings (SSSR count). The molecule has 1 fully saturated rings. The molecule has 2 heterocycles. The van der Waals surface area contributed by atoms with Gasteiger partial charge >= 0.3 is 0 Å². The second kappa shape index (κ2) is 4.06. The first-order valence-corrected chi connectivity index (χ1v) is 5.32. The maximum Gasteiger partial charge on any atom is 0.152 e. The lowest BCUT2D eigenvalue weighted by atomic mass is 10.0. The molecule has 1 saturated heterocycles. The summed E-state index contributed by atoms with van der Waals surface area (Å²) in [6.07, 6.45) is 2.82. The van der Waals surface area contributed by atoms with Crippen LogP contribution in [0.5, 0.6) is 0 Å². The van der Waals surface area contributed by atoms with Crippen LogP contribution in [0, 0.1) is 5.92 Å². The second-order valence-corrected chi connectivity index (χ2v) is 4.13. The first-order valence-electron chi connectivity index (χ1n) is 5.32. The number of nitrogen functional groups attached to an aromatic ring is 1. The molecular weight excluding hydrogens is 190 g/mol. The van der Waals surface area contributed by atoms with E-state index in [1.807, 2.05) is 12.1 Å². The van der Waals surface area contributed by atoms with Crippen molar-refractivity contribution in [3.63, 3.8) is 0 Å². The Kier molecular flexibility index (Phi) is 2.77. The number of rotatable bonds is 2. The number of aliphatic hydroxyl groups is 1. The molecule has 2 unspecified atom stereocenters. The third kappa shape index (κ3) is 1.77. The molecule has 0 bridgehead atoms. The Labute approximate surface area is 89.7 Å². The highest BCUT2D eigenvalue weighted by Gasteiger charge is 2.32. The zero-order valence-corrected chi connectivity index (χ0v) is 8.93. The summed E-state index contributed by atoms with van der Waals surface area (Å²) in [5.74, 6) is 1.30. The fourth-order valence-corrected chi connectivity index (χ4v) is 2.20. The standard InChI is InChI=1S/C11H17N3O/c1-8-4-6-14(10(8)7-15)11-9(12)3-2-5-13-11/h2-3,5,8,10,15H,4,6-7,12H2,1H3. The maximum atomic E-state index is 9.35. The molecule has 15 heavy (non-hydrogen) atoms. The molecule has 3 N–H and O–H groups in total. The number of pyridine rings is 1. The van der Waals surface area contributed by atoms with Crippen LogP contribution in [0.2, 0.25) is 0 Å². The quantitative estimate of drug-likeness (QED) is 0.755. The van der Waals surface area contributed by atoms with Crippen LogP contribution in [0.4, 0.5) is 11.5 Å². The molecule has 1 aromatic rings. The van der Waals surface area contributed by atoms with E-state index in [0.717, 1.165) is 18.8 Å². The fourth-order valence-electron chi connectivity index (χ4n) is 2.20. The Hall–Kier alpha value is -1.29. The van der Waals surface area contributed by atoms with Crippen LogP contribution in [-0.4, -0.2) is 29.3 Å². The molecule has 2 atom stereocenters. The third-order valence-corrected chi connectivity index (χ3v) is 3.16. The number of aromatic nitrogens is 1. The van der Waals surface area contributed by atoms with Crippen molar-refractivity contribution in [2.45, 2.75) is 19.4 Å². The minimum absolute atomic E-state index is 0.155. The van der Waals surface area contributed by atoms with Gasteiger partial charge in [0, 0.05) is 12.7 Å².